The first-order valence-corrected chi connectivity index (χ1v) is 11.4. The number of carbonyl (C=O) groups excluding carboxylic acids is 1. The Morgan fingerprint density at radius 2 is 1.94 bits per heavy atom. The largest absolute Gasteiger partial charge is 0.491 e. The van der Waals surface area contributed by atoms with Gasteiger partial charge < -0.3 is 19.8 Å². The topological polar surface area (TPSA) is 73.2 Å². The Hall–Kier alpha value is -2.67. The first-order valence-electron chi connectivity index (χ1n) is 11.4. The summed E-state index contributed by atoms with van der Waals surface area (Å²) in [4.78, 5) is 17.1. The second kappa shape index (κ2) is 10.8. The number of ether oxygens (including phenoxy) is 1. The molecule has 4 rings (SSSR count). The number of fused-ring (bicyclic) bond motifs is 2. The minimum absolute atomic E-state index is 0.101. The molecular formula is C26H32N2O4. The molecule has 170 valence electrons. The number of aliphatic hydroxyl groups excluding tert-OH is 2. The zero-order valence-electron chi connectivity index (χ0n) is 18.4. The normalized spacial score (nSPS) is 17.6. The van der Waals surface area contributed by atoms with Crippen LogP contribution in [-0.2, 0) is 13.0 Å². The molecule has 32 heavy (non-hydrogen) atoms. The van der Waals surface area contributed by atoms with Crippen molar-refractivity contribution < 1.29 is 19.7 Å². The van der Waals surface area contributed by atoms with Crippen LogP contribution >= 0.6 is 0 Å². The SMILES string of the molecule is O=C1c2ccc(C=CCCCO)cc2OCCN1C[C@H](O)CN1CCc2ccccc2C1. The van der Waals surface area contributed by atoms with Crippen LogP contribution < -0.4 is 4.74 Å². The standard InChI is InChI=1S/C26H32N2O4/c29-14-5-1-2-6-20-9-10-24-25(16-20)32-15-13-28(26(24)31)19-23(30)18-27-12-11-21-7-3-4-8-22(21)17-27/h2-4,6-10,16,23,29-30H,1,5,11-15,17-19H2/t23-/m1/s1. The molecule has 2 heterocycles. The van der Waals surface area contributed by atoms with Crippen molar-refractivity contribution >= 4 is 12.0 Å². The maximum absolute atomic E-state index is 13.1. The molecule has 6 nitrogen and oxygen atoms in total. The molecule has 0 saturated heterocycles. The number of allylic oxidation sites excluding steroid dienone is 1. The molecule has 2 aliphatic rings. The summed E-state index contributed by atoms with van der Waals surface area (Å²) in [5, 5.41) is 19.6. The van der Waals surface area contributed by atoms with E-state index in [4.69, 9.17) is 9.84 Å². The summed E-state index contributed by atoms with van der Waals surface area (Å²) in [6, 6.07) is 14.0. The Bertz CT molecular complexity index is 959. The number of hydrogen-bond donors (Lipinski definition) is 2. The van der Waals surface area contributed by atoms with E-state index in [0.29, 0.717) is 37.6 Å². The Morgan fingerprint density at radius 3 is 2.78 bits per heavy atom. The Balaban J connectivity index is 1.36. The maximum Gasteiger partial charge on any atom is 0.257 e. The number of hydrogen-bond acceptors (Lipinski definition) is 5. The van der Waals surface area contributed by atoms with Gasteiger partial charge in [-0.3, -0.25) is 9.69 Å². The van der Waals surface area contributed by atoms with Gasteiger partial charge >= 0.3 is 0 Å². The van der Waals surface area contributed by atoms with E-state index in [1.54, 1.807) is 11.0 Å². The van der Waals surface area contributed by atoms with Gasteiger partial charge in [0.05, 0.1) is 18.2 Å². The highest BCUT2D eigenvalue weighted by atomic mass is 16.5. The van der Waals surface area contributed by atoms with Crippen molar-refractivity contribution in [2.45, 2.75) is 31.9 Å². The number of carbonyl (C=O) groups is 1. The summed E-state index contributed by atoms with van der Waals surface area (Å²) in [5.41, 5.74) is 4.21. The molecule has 0 spiro atoms. The highest BCUT2D eigenvalue weighted by Gasteiger charge is 2.26. The van der Waals surface area contributed by atoms with Gasteiger partial charge in [0, 0.05) is 32.8 Å². The van der Waals surface area contributed by atoms with Crippen molar-refractivity contribution in [3.05, 3.63) is 70.8 Å². The predicted octanol–water partition coefficient (Wildman–Crippen LogP) is 2.73. The van der Waals surface area contributed by atoms with Crippen LogP contribution in [0, 0.1) is 0 Å². The van der Waals surface area contributed by atoms with Gasteiger partial charge in [0.15, 0.2) is 0 Å². The van der Waals surface area contributed by atoms with E-state index in [1.807, 2.05) is 24.3 Å². The summed E-state index contributed by atoms with van der Waals surface area (Å²) in [6.07, 6.45) is 5.91. The summed E-state index contributed by atoms with van der Waals surface area (Å²) in [6.45, 7) is 3.63. The number of amides is 1. The first-order chi connectivity index (χ1) is 15.6. The van der Waals surface area contributed by atoms with Crippen LogP contribution in [0.25, 0.3) is 6.08 Å². The molecule has 0 radical (unpaired) electrons. The molecule has 0 unspecified atom stereocenters. The quantitative estimate of drug-likeness (QED) is 0.623. The smallest absolute Gasteiger partial charge is 0.257 e. The zero-order chi connectivity index (χ0) is 22.3. The maximum atomic E-state index is 13.1. The van der Waals surface area contributed by atoms with Gasteiger partial charge in [-0.2, -0.15) is 0 Å². The van der Waals surface area contributed by atoms with Crippen molar-refractivity contribution in [1.82, 2.24) is 9.80 Å². The molecule has 2 aromatic carbocycles. The lowest BCUT2D eigenvalue weighted by Gasteiger charge is -2.32. The van der Waals surface area contributed by atoms with Gasteiger partial charge in [-0.1, -0.05) is 42.5 Å². The van der Waals surface area contributed by atoms with Crippen molar-refractivity contribution in [2.24, 2.45) is 0 Å². The lowest BCUT2D eigenvalue weighted by atomic mass is 10.00. The van der Waals surface area contributed by atoms with Crippen LogP contribution in [-0.4, -0.2) is 71.4 Å². The molecule has 2 N–H and O–H groups in total. The molecule has 6 heteroatoms. The molecule has 2 aliphatic heterocycles. The van der Waals surface area contributed by atoms with E-state index >= 15 is 0 Å². The van der Waals surface area contributed by atoms with Crippen molar-refractivity contribution in [2.75, 3.05) is 39.4 Å². The molecule has 0 saturated carbocycles. The van der Waals surface area contributed by atoms with E-state index in [9.17, 15) is 9.90 Å². The van der Waals surface area contributed by atoms with Gasteiger partial charge in [0.25, 0.3) is 5.91 Å². The lowest BCUT2D eigenvalue weighted by molar-refractivity contribution is 0.0501. The average molecular weight is 437 g/mol. The van der Waals surface area contributed by atoms with E-state index in [1.165, 1.54) is 11.1 Å². The number of β-amino-alcohol motifs (C(OH)–C–C–N with tert-alkyl or cyclic N) is 1. The number of benzene rings is 2. The fraction of sp³-hybridized carbons (Fsp3) is 0.423. The predicted molar refractivity (Wildman–Crippen MR) is 125 cm³/mol. The minimum Gasteiger partial charge on any atom is -0.491 e. The zero-order valence-corrected chi connectivity index (χ0v) is 18.4. The molecule has 0 fully saturated rings. The molecule has 2 aromatic rings. The lowest BCUT2D eigenvalue weighted by Crippen LogP contribution is -2.44. The highest BCUT2D eigenvalue weighted by Crippen LogP contribution is 2.26. The Labute approximate surface area is 189 Å². The molecule has 1 amide bonds. The molecule has 0 bridgehead atoms. The number of aliphatic hydroxyl groups is 2. The number of nitrogens with zero attached hydrogens (tertiary/aromatic N) is 2. The third-order valence-corrected chi connectivity index (χ3v) is 6.09. The molecular weight excluding hydrogens is 404 g/mol. The highest BCUT2D eigenvalue weighted by molar-refractivity contribution is 5.97. The average Bonchev–Trinajstić information content (AvgIpc) is 2.95. The van der Waals surface area contributed by atoms with Crippen LogP contribution in [0.4, 0.5) is 0 Å². The third-order valence-electron chi connectivity index (χ3n) is 6.09. The summed E-state index contributed by atoms with van der Waals surface area (Å²) in [7, 11) is 0. The molecule has 0 aromatic heterocycles. The summed E-state index contributed by atoms with van der Waals surface area (Å²) in [5.74, 6) is 0.486. The van der Waals surface area contributed by atoms with E-state index in [0.717, 1.165) is 37.9 Å². The van der Waals surface area contributed by atoms with Crippen LogP contribution in [0.15, 0.2) is 48.5 Å². The monoisotopic (exact) mass is 436 g/mol. The van der Waals surface area contributed by atoms with Gasteiger partial charge in [-0.15, -0.1) is 0 Å². The fourth-order valence-electron chi connectivity index (χ4n) is 4.40. The van der Waals surface area contributed by atoms with Crippen LogP contribution in [0.3, 0.4) is 0 Å². The second-order valence-corrected chi connectivity index (χ2v) is 8.53. The van der Waals surface area contributed by atoms with Gasteiger partial charge in [-0.05, 0) is 48.1 Å². The van der Waals surface area contributed by atoms with Gasteiger partial charge in [0.1, 0.15) is 12.4 Å². The summed E-state index contributed by atoms with van der Waals surface area (Å²) >= 11 is 0. The fourth-order valence-corrected chi connectivity index (χ4v) is 4.40. The van der Waals surface area contributed by atoms with Crippen LogP contribution in [0.5, 0.6) is 5.75 Å². The van der Waals surface area contributed by atoms with Crippen molar-refractivity contribution in [1.29, 1.82) is 0 Å². The van der Waals surface area contributed by atoms with Gasteiger partial charge in [-0.25, -0.2) is 0 Å². The van der Waals surface area contributed by atoms with Crippen molar-refractivity contribution in [3.8, 4) is 5.75 Å². The van der Waals surface area contributed by atoms with Crippen LogP contribution in [0.2, 0.25) is 0 Å². The third kappa shape index (κ3) is 5.57. The van der Waals surface area contributed by atoms with Gasteiger partial charge in [0.2, 0.25) is 0 Å². The van der Waals surface area contributed by atoms with E-state index in [-0.39, 0.29) is 12.5 Å². The minimum atomic E-state index is -0.612. The molecule has 0 aliphatic carbocycles. The second-order valence-electron chi connectivity index (χ2n) is 8.53. The number of rotatable bonds is 8. The van der Waals surface area contributed by atoms with E-state index in [2.05, 4.69) is 29.2 Å². The van der Waals surface area contributed by atoms with Crippen molar-refractivity contribution in [3.63, 3.8) is 0 Å². The number of unbranched alkanes of at least 4 members (excludes halogenated alkanes) is 1. The van der Waals surface area contributed by atoms with E-state index < -0.39 is 6.10 Å². The first kappa shape index (κ1) is 22.5. The molecule has 1 atom stereocenters. The Kier molecular flexibility index (Phi) is 7.58. The Morgan fingerprint density at radius 1 is 1.09 bits per heavy atom. The summed E-state index contributed by atoms with van der Waals surface area (Å²) < 4.78 is 5.86. The van der Waals surface area contributed by atoms with Crippen LogP contribution in [0.1, 0.15) is 39.9 Å².